The number of benzene rings is 2. The van der Waals surface area contributed by atoms with Crippen molar-refractivity contribution in [1.29, 1.82) is 0 Å². The van der Waals surface area contributed by atoms with Crippen molar-refractivity contribution < 1.29 is 0 Å². The third-order valence-electron chi connectivity index (χ3n) is 5.82. The summed E-state index contributed by atoms with van der Waals surface area (Å²) in [6, 6.07) is 14.7. The predicted octanol–water partition coefficient (Wildman–Crippen LogP) is 4.42. The quantitative estimate of drug-likeness (QED) is 0.460. The summed E-state index contributed by atoms with van der Waals surface area (Å²) in [5.41, 5.74) is 11.4. The lowest BCUT2D eigenvalue weighted by atomic mass is 10.2. The van der Waals surface area contributed by atoms with Gasteiger partial charge in [0.2, 0.25) is 5.95 Å². The molecule has 3 aromatic rings. The summed E-state index contributed by atoms with van der Waals surface area (Å²) in [4.78, 5) is 9.62. The summed E-state index contributed by atoms with van der Waals surface area (Å²) in [5, 5.41) is 3.55. The lowest BCUT2D eigenvalue weighted by molar-refractivity contribution is 0.292. The molecule has 0 fully saturated rings. The van der Waals surface area contributed by atoms with Crippen LogP contribution in [0, 0.1) is 0 Å². The molecule has 0 bridgehead atoms. The molecule has 0 radical (unpaired) electrons. The van der Waals surface area contributed by atoms with Crippen LogP contribution in [0.4, 0.5) is 17.3 Å². The van der Waals surface area contributed by atoms with Crippen LogP contribution in [0.2, 0.25) is 0 Å². The molecule has 0 aliphatic rings. The average molecular weight is 409 g/mol. The Morgan fingerprint density at radius 2 is 1.63 bits per heavy atom. The molecule has 1 aromatic heterocycles. The molecule has 3 N–H and O–H groups in total. The van der Waals surface area contributed by atoms with Crippen molar-refractivity contribution >= 4 is 28.4 Å². The van der Waals surface area contributed by atoms with E-state index in [0.717, 1.165) is 68.5 Å². The normalized spacial score (nSPS) is 11.4. The number of nitrogens with one attached hydrogen (secondary N) is 1. The molecule has 1 heterocycles. The Morgan fingerprint density at radius 3 is 2.27 bits per heavy atom. The van der Waals surface area contributed by atoms with E-state index in [2.05, 4.69) is 71.6 Å². The van der Waals surface area contributed by atoms with E-state index in [4.69, 9.17) is 10.7 Å². The van der Waals surface area contributed by atoms with Crippen molar-refractivity contribution in [2.45, 2.75) is 40.8 Å². The molecule has 6 nitrogen and oxygen atoms in total. The van der Waals surface area contributed by atoms with Crippen LogP contribution >= 0.6 is 0 Å². The molecule has 0 saturated carbocycles. The van der Waals surface area contributed by atoms with Crippen molar-refractivity contribution in [2.24, 2.45) is 0 Å². The van der Waals surface area contributed by atoms with Crippen LogP contribution in [0.5, 0.6) is 0 Å². The first kappa shape index (κ1) is 22.0. The number of nitrogens with zero attached hydrogens (tertiary/aromatic N) is 4. The van der Waals surface area contributed by atoms with Crippen LogP contribution in [-0.4, -0.2) is 47.2 Å². The Balaban J connectivity index is 1.78. The van der Waals surface area contributed by atoms with E-state index in [1.165, 1.54) is 11.3 Å². The number of fused-ring (bicyclic) bond motifs is 1. The fourth-order valence-electron chi connectivity index (χ4n) is 3.88. The summed E-state index contributed by atoms with van der Waals surface area (Å²) in [6.45, 7) is 15.5. The van der Waals surface area contributed by atoms with Gasteiger partial charge in [-0.2, -0.15) is 0 Å². The Morgan fingerprint density at radius 1 is 0.933 bits per heavy atom. The van der Waals surface area contributed by atoms with Gasteiger partial charge in [-0.1, -0.05) is 26.0 Å². The van der Waals surface area contributed by atoms with E-state index in [1.54, 1.807) is 0 Å². The number of imidazole rings is 1. The van der Waals surface area contributed by atoms with Crippen molar-refractivity contribution in [3.05, 3.63) is 48.0 Å². The molecule has 6 heteroatoms. The summed E-state index contributed by atoms with van der Waals surface area (Å²) < 4.78 is 2.26. The lowest BCUT2D eigenvalue weighted by Crippen LogP contribution is -2.27. The number of hydrogen-bond acceptors (Lipinski definition) is 5. The van der Waals surface area contributed by atoms with Gasteiger partial charge in [-0.3, -0.25) is 0 Å². The first-order valence-electron chi connectivity index (χ1n) is 11.1. The van der Waals surface area contributed by atoms with Gasteiger partial charge in [0.05, 0.1) is 11.0 Å². The summed E-state index contributed by atoms with van der Waals surface area (Å²) in [5.74, 6) is 0.899. The van der Waals surface area contributed by atoms with Crippen LogP contribution in [0.15, 0.2) is 42.5 Å². The zero-order chi connectivity index (χ0) is 21.5. The number of hydrogen-bond donors (Lipinski definition) is 2. The summed E-state index contributed by atoms with van der Waals surface area (Å²) >= 11 is 0. The van der Waals surface area contributed by atoms with E-state index in [0.29, 0.717) is 0 Å². The van der Waals surface area contributed by atoms with Gasteiger partial charge in [0, 0.05) is 44.1 Å². The van der Waals surface area contributed by atoms with E-state index in [-0.39, 0.29) is 0 Å². The molecule has 30 heavy (non-hydrogen) atoms. The van der Waals surface area contributed by atoms with Gasteiger partial charge in [-0.25, -0.2) is 4.98 Å². The average Bonchev–Trinajstić information content (AvgIpc) is 3.11. The molecule has 0 amide bonds. The highest BCUT2D eigenvalue weighted by Crippen LogP contribution is 2.23. The minimum Gasteiger partial charge on any atom is -0.399 e. The lowest BCUT2D eigenvalue weighted by Gasteiger charge is -2.21. The highest BCUT2D eigenvalue weighted by atomic mass is 15.2. The third-order valence-corrected chi connectivity index (χ3v) is 5.82. The highest BCUT2D eigenvalue weighted by molar-refractivity contribution is 5.82. The van der Waals surface area contributed by atoms with E-state index >= 15 is 0 Å². The van der Waals surface area contributed by atoms with Gasteiger partial charge in [-0.15, -0.1) is 0 Å². The van der Waals surface area contributed by atoms with Crippen molar-refractivity contribution in [1.82, 2.24) is 14.5 Å². The zero-order valence-electron chi connectivity index (χ0n) is 18.9. The molecule has 0 aliphatic heterocycles. The van der Waals surface area contributed by atoms with E-state index in [1.807, 2.05) is 18.2 Å². The predicted molar refractivity (Wildman–Crippen MR) is 129 cm³/mol. The van der Waals surface area contributed by atoms with Crippen LogP contribution < -0.4 is 16.0 Å². The molecule has 0 unspecified atom stereocenters. The monoisotopic (exact) mass is 408 g/mol. The third kappa shape index (κ3) is 5.05. The van der Waals surface area contributed by atoms with Crippen LogP contribution in [0.1, 0.15) is 33.3 Å². The Labute approximate surface area is 180 Å². The first-order valence-corrected chi connectivity index (χ1v) is 11.1. The van der Waals surface area contributed by atoms with Gasteiger partial charge in [0.25, 0.3) is 0 Å². The fraction of sp³-hybridized carbons (Fsp3) is 0.458. The van der Waals surface area contributed by atoms with Gasteiger partial charge in [-0.05, 0) is 62.8 Å². The topological polar surface area (TPSA) is 62.3 Å². The number of nitrogen functional groups attached to an aromatic ring is 1. The molecule has 0 spiro atoms. The van der Waals surface area contributed by atoms with Crippen LogP contribution in [0.25, 0.3) is 11.0 Å². The van der Waals surface area contributed by atoms with Gasteiger partial charge in [0.1, 0.15) is 0 Å². The van der Waals surface area contributed by atoms with Crippen molar-refractivity contribution in [2.75, 3.05) is 48.7 Å². The largest absolute Gasteiger partial charge is 0.399 e. The standard InChI is InChI=1S/C24H36N6/c1-5-28(6-2)15-16-30-23-17-20(25)11-14-22(23)27-24(30)26-18-19-9-12-21(13-10-19)29(7-3)8-4/h9-14,17H,5-8,15-16,18,25H2,1-4H3,(H,26,27). The maximum Gasteiger partial charge on any atom is 0.204 e. The second-order valence-electron chi connectivity index (χ2n) is 7.55. The maximum absolute atomic E-state index is 6.06. The van der Waals surface area contributed by atoms with E-state index in [9.17, 15) is 0 Å². The first-order chi connectivity index (χ1) is 14.6. The molecule has 0 saturated heterocycles. The molecular weight excluding hydrogens is 372 g/mol. The van der Waals surface area contributed by atoms with Crippen molar-refractivity contribution in [3.63, 3.8) is 0 Å². The Kier molecular flexibility index (Phi) is 7.57. The summed E-state index contributed by atoms with van der Waals surface area (Å²) in [6.07, 6.45) is 0. The number of aromatic nitrogens is 2. The SMILES string of the molecule is CCN(CC)CCn1c(NCc2ccc(N(CC)CC)cc2)nc2ccc(N)cc21. The molecule has 3 rings (SSSR count). The number of anilines is 3. The Hall–Kier alpha value is -2.73. The van der Waals surface area contributed by atoms with Crippen LogP contribution in [0.3, 0.4) is 0 Å². The van der Waals surface area contributed by atoms with Gasteiger partial charge < -0.3 is 25.4 Å². The van der Waals surface area contributed by atoms with Gasteiger partial charge >= 0.3 is 0 Å². The molecule has 0 aliphatic carbocycles. The zero-order valence-corrected chi connectivity index (χ0v) is 18.9. The maximum atomic E-state index is 6.06. The van der Waals surface area contributed by atoms with Crippen LogP contribution in [-0.2, 0) is 13.1 Å². The number of likely N-dealkylation sites (N-methyl/N-ethyl adjacent to an activating group) is 1. The number of nitrogens with two attached hydrogens (primary N) is 1. The second kappa shape index (κ2) is 10.3. The number of rotatable bonds is 11. The second-order valence-corrected chi connectivity index (χ2v) is 7.55. The Bertz CT molecular complexity index is 923. The molecule has 0 atom stereocenters. The smallest absolute Gasteiger partial charge is 0.204 e. The molecule has 2 aromatic carbocycles. The minimum atomic E-state index is 0.739. The molecule has 162 valence electrons. The summed E-state index contributed by atoms with van der Waals surface area (Å²) in [7, 11) is 0. The molecular formula is C24H36N6. The highest BCUT2D eigenvalue weighted by Gasteiger charge is 2.12. The van der Waals surface area contributed by atoms with Crippen molar-refractivity contribution in [3.8, 4) is 0 Å². The minimum absolute atomic E-state index is 0.739. The van der Waals surface area contributed by atoms with E-state index < -0.39 is 0 Å². The van der Waals surface area contributed by atoms with Gasteiger partial charge in [0.15, 0.2) is 0 Å². The fourth-order valence-corrected chi connectivity index (χ4v) is 3.88.